The normalized spacial score (nSPS) is 10.8. The third-order valence-corrected chi connectivity index (χ3v) is 4.21. The van der Waals surface area contributed by atoms with Gasteiger partial charge >= 0.3 is 5.97 Å². The summed E-state index contributed by atoms with van der Waals surface area (Å²) >= 11 is 0. The number of carbonyl (C=O) groups is 2. The van der Waals surface area contributed by atoms with Crippen LogP contribution < -0.4 is 5.32 Å². The molecule has 3 rings (SSSR count). The summed E-state index contributed by atoms with van der Waals surface area (Å²) in [6.07, 6.45) is 3.17. The highest BCUT2D eigenvalue weighted by atomic mass is 16.5. The molecule has 8 nitrogen and oxygen atoms in total. The van der Waals surface area contributed by atoms with Gasteiger partial charge in [-0.2, -0.15) is 4.98 Å². The highest BCUT2D eigenvalue weighted by molar-refractivity contribution is 5.95. The smallest absolute Gasteiger partial charge is 0.378 e. The van der Waals surface area contributed by atoms with Gasteiger partial charge in [0.2, 0.25) is 0 Å². The summed E-state index contributed by atoms with van der Waals surface area (Å²) in [6, 6.07) is 7.66. The second kappa shape index (κ2) is 7.94. The van der Waals surface area contributed by atoms with Crippen molar-refractivity contribution in [1.82, 2.24) is 19.6 Å². The van der Waals surface area contributed by atoms with E-state index in [1.807, 2.05) is 39.0 Å². The maximum absolute atomic E-state index is 12.3. The second-order valence-electron chi connectivity index (χ2n) is 6.02. The second-order valence-corrected chi connectivity index (χ2v) is 6.02. The summed E-state index contributed by atoms with van der Waals surface area (Å²) in [5.74, 6) is -1.00. The van der Waals surface area contributed by atoms with Gasteiger partial charge in [0.15, 0.2) is 6.61 Å². The third-order valence-electron chi connectivity index (χ3n) is 4.21. The van der Waals surface area contributed by atoms with Crippen LogP contribution in [0.5, 0.6) is 0 Å². The predicted molar refractivity (Wildman–Crippen MR) is 99.6 cm³/mol. The van der Waals surface area contributed by atoms with Crippen molar-refractivity contribution in [3.8, 4) is 0 Å². The van der Waals surface area contributed by atoms with Gasteiger partial charge < -0.3 is 10.1 Å². The van der Waals surface area contributed by atoms with E-state index in [9.17, 15) is 9.59 Å². The number of fused-ring (bicyclic) bond motifs is 1. The van der Waals surface area contributed by atoms with E-state index in [1.165, 1.54) is 4.52 Å². The van der Waals surface area contributed by atoms with Gasteiger partial charge in [-0.1, -0.05) is 32.0 Å². The van der Waals surface area contributed by atoms with Crippen LogP contribution in [0.15, 0.2) is 30.5 Å². The molecule has 2 aromatic heterocycles. The fourth-order valence-corrected chi connectivity index (χ4v) is 2.77. The van der Waals surface area contributed by atoms with Gasteiger partial charge in [0.05, 0.1) is 0 Å². The van der Waals surface area contributed by atoms with Crippen molar-refractivity contribution in [3.63, 3.8) is 0 Å². The lowest BCUT2D eigenvalue weighted by Crippen LogP contribution is -2.22. The van der Waals surface area contributed by atoms with E-state index >= 15 is 0 Å². The molecule has 0 unspecified atom stereocenters. The van der Waals surface area contributed by atoms with E-state index < -0.39 is 18.5 Å². The SMILES string of the molecule is CCc1cccc(CC)c1NC(=O)COC(=O)c1nc2nccc(C)n2n1. The van der Waals surface area contributed by atoms with Crippen molar-refractivity contribution in [1.29, 1.82) is 0 Å². The molecular formula is C19H21N5O3. The molecule has 0 aliphatic carbocycles. The van der Waals surface area contributed by atoms with Crippen LogP contribution in [-0.2, 0) is 22.4 Å². The molecule has 140 valence electrons. The molecule has 1 amide bonds. The molecule has 2 heterocycles. The third kappa shape index (κ3) is 3.94. The fraction of sp³-hybridized carbons (Fsp3) is 0.316. The van der Waals surface area contributed by atoms with Crippen LogP contribution in [0.2, 0.25) is 0 Å². The Morgan fingerprint density at radius 3 is 2.48 bits per heavy atom. The first kappa shape index (κ1) is 18.5. The molecular weight excluding hydrogens is 346 g/mol. The summed E-state index contributed by atoms with van der Waals surface area (Å²) in [4.78, 5) is 32.5. The van der Waals surface area contributed by atoms with Gasteiger partial charge in [0, 0.05) is 17.6 Å². The molecule has 0 fully saturated rings. The van der Waals surface area contributed by atoms with Crippen LogP contribution in [-0.4, -0.2) is 38.1 Å². The van der Waals surface area contributed by atoms with Crippen LogP contribution in [0, 0.1) is 6.92 Å². The predicted octanol–water partition coefficient (Wildman–Crippen LogP) is 2.35. The Labute approximate surface area is 156 Å². The molecule has 0 spiro atoms. The number of aryl methyl sites for hydroxylation is 3. The number of anilines is 1. The number of nitrogens with one attached hydrogen (secondary N) is 1. The van der Waals surface area contributed by atoms with Crippen molar-refractivity contribution in [2.24, 2.45) is 0 Å². The van der Waals surface area contributed by atoms with E-state index in [2.05, 4.69) is 20.4 Å². The lowest BCUT2D eigenvalue weighted by Gasteiger charge is -2.14. The minimum Gasteiger partial charge on any atom is -0.450 e. The van der Waals surface area contributed by atoms with Crippen LogP contribution in [0.4, 0.5) is 5.69 Å². The summed E-state index contributed by atoms with van der Waals surface area (Å²) in [5.41, 5.74) is 3.65. The first-order chi connectivity index (χ1) is 13.0. The Hall–Kier alpha value is -3.29. The summed E-state index contributed by atoms with van der Waals surface area (Å²) in [6.45, 7) is 5.45. The van der Waals surface area contributed by atoms with Crippen molar-refractivity contribution >= 4 is 23.3 Å². The largest absolute Gasteiger partial charge is 0.450 e. The highest BCUT2D eigenvalue weighted by Crippen LogP contribution is 2.22. The molecule has 0 bridgehead atoms. The maximum Gasteiger partial charge on any atom is 0.378 e. The zero-order chi connectivity index (χ0) is 19.4. The molecule has 27 heavy (non-hydrogen) atoms. The summed E-state index contributed by atoms with van der Waals surface area (Å²) < 4.78 is 6.51. The number of nitrogens with zero attached hydrogens (tertiary/aromatic N) is 4. The lowest BCUT2D eigenvalue weighted by molar-refractivity contribution is -0.119. The zero-order valence-electron chi connectivity index (χ0n) is 15.5. The maximum atomic E-state index is 12.3. The Kier molecular flexibility index (Phi) is 5.44. The minimum absolute atomic E-state index is 0.132. The number of aromatic nitrogens is 4. The van der Waals surface area contributed by atoms with E-state index in [0.717, 1.165) is 35.3 Å². The van der Waals surface area contributed by atoms with Crippen LogP contribution in [0.1, 0.15) is 41.3 Å². The molecule has 8 heteroatoms. The molecule has 3 aromatic rings. The fourth-order valence-electron chi connectivity index (χ4n) is 2.77. The molecule has 1 aromatic carbocycles. The molecule has 0 radical (unpaired) electrons. The Morgan fingerprint density at radius 2 is 1.85 bits per heavy atom. The van der Waals surface area contributed by atoms with Crippen LogP contribution in [0.25, 0.3) is 5.78 Å². The van der Waals surface area contributed by atoms with Gasteiger partial charge in [0.1, 0.15) is 0 Å². The Bertz CT molecular complexity index is 974. The van der Waals surface area contributed by atoms with E-state index in [4.69, 9.17) is 4.74 Å². The zero-order valence-corrected chi connectivity index (χ0v) is 15.5. The molecule has 0 saturated carbocycles. The van der Waals surface area contributed by atoms with Crippen molar-refractivity contribution in [2.45, 2.75) is 33.6 Å². The highest BCUT2D eigenvalue weighted by Gasteiger charge is 2.18. The average Bonchev–Trinajstić information content (AvgIpc) is 3.12. The molecule has 0 aliphatic heterocycles. The first-order valence-electron chi connectivity index (χ1n) is 8.79. The lowest BCUT2D eigenvalue weighted by atomic mass is 10.0. The quantitative estimate of drug-likeness (QED) is 0.672. The van der Waals surface area contributed by atoms with Crippen molar-refractivity contribution < 1.29 is 14.3 Å². The minimum atomic E-state index is -0.769. The molecule has 0 atom stereocenters. The Balaban J connectivity index is 1.67. The van der Waals surface area contributed by atoms with Crippen LogP contribution in [0.3, 0.4) is 0 Å². The number of ether oxygens (including phenoxy) is 1. The van der Waals surface area contributed by atoms with E-state index in [-0.39, 0.29) is 5.82 Å². The number of hydrogen-bond acceptors (Lipinski definition) is 6. The van der Waals surface area contributed by atoms with Crippen LogP contribution >= 0.6 is 0 Å². The van der Waals surface area contributed by atoms with Gasteiger partial charge in [-0.3, -0.25) is 4.79 Å². The number of benzene rings is 1. The standard InChI is InChI=1S/C19H21N5O3/c1-4-13-7-6-8-14(5-2)16(13)21-15(25)11-27-18(26)17-22-19-20-10-9-12(3)24(19)23-17/h6-10H,4-5,11H2,1-3H3,(H,21,25). The average molecular weight is 367 g/mol. The molecule has 0 saturated heterocycles. The van der Waals surface area contributed by atoms with Gasteiger partial charge in [-0.15, -0.1) is 5.10 Å². The number of carbonyl (C=O) groups excluding carboxylic acids is 2. The summed E-state index contributed by atoms with van der Waals surface area (Å²) in [5, 5.41) is 6.91. The van der Waals surface area contributed by atoms with Gasteiger partial charge in [-0.25, -0.2) is 14.3 Å². The number of hydrogen-bond donors (Lipinski definition) is 1. The van der Waals surface area contributed by atoms with Gasteiger partial charge in [0.25, 0.3) is 17.5 Å². The van der Waals surface area contributed by atoms with E-state index in [1.54, 1.807) is 12.3 Å². The van der Waals surface area contributed by atoms with Crippen molar-refractivity contribution in [2.75, 3.05) is 11.9 Å². The molecule has 0 aliphatic rings. The Morgan fingerprint density at radius 1 is 1.15 bits per heavy atom. The molecule has 1 N–H and O–H groups in total. The summed E-state index contributed by atoms with van der Waals surface area (Å²) in [7, 11) is 0. The first-order valence-corrected chi connectivity index (χ1v) is 8.79. The number of amides is 1. The van der Waals surface area contributed by atoms with E-state index in [0.29, 0.717) is 5.78 Å². The number of esters is 1. The monoisotopic (exact) mass is 367 g/mol. The number of rotatable bonds is 6. The number of para-hydroxylation sites is 1. The van der Waals surface area contributed by atoms with Crippen molar-refractivity contribution in [3.05, 3.63) is 53.1 Å². The van der Waals surface area contributed by atoms with Gasteiger partial charge in [-0.05, 0) is 37.0 Å². The topological polar surface area (TPSA) is 98.5 Å².